The van der Waals surface area contributed by atoms with E-state index < -0.39 is 6.23 Å². The number of Topliss-reactive ketones (excluding diaryl/α,β-unsaturated/α-hetero) is 1. The summed E-state index contributed by atoms with van der Waals surface area (Å²) in [5.74, 6) is 0.0712. The first-order chi connectivity index (χ1) is 4.52. The molecule has 0 aromatic rings. The van der Waals surface area contributed by atoms with Gasteiger partial charge < -0.3 is 5.11 Å². The maximum atomic E-state index is 10.5. The number of hydrogen-bond donors (Lipinski definition) is 1. The van der Waals surface area contributed by atoms with Crippen molar-refractivity contribution in [3.05, 3.63) is 0 Å². The van der Waals surface area contributed by atoms with Gasteiger partial charge in [-0.15, -0.1) is 0 Å². The first-order valence-electron chi connectivity index (χ1n) is 3.23. The normalized spacial score (nSPS) is 15.0. The first kappa shape index (κ1) is 9.30. The molecule has 0 aliphatic heterocycles. The molecule has 58 valence electrons. The van der Waals surface area contributed by atoms with E-state index in [-0.39, 0.29) is 5.78 Å². The van der Waals surface area contributed by atoms with E-state index in [0.29, 0.717) is 12.1 Å². The highest BCUT2D eigenvalue weighted by molar-refractivity contribution is 5.99. The molecule has 3 heteroatoms. The van der Waals surface area contributed by atoms with Gasteiger partial charge in [0.05, 0.1) is 0 Å². The molecule has 0 amide bonds. The SMILES string of the molecule is CC(=O)C/C(C)=N/C(C)O. The van der Waals surface area contributed by atoms with Crippen LogP contribution in [0.2, 0.25) is 0 Å². The van der Waals surface area contributed by atoms with Crippen LogP contribution < -0.4 is 0 Å². The van der Waals surface area contributed by atoms with Crippen LogP contribution >= 0.6 is 0 Å². The van der Waals surface area contributed by atoms with Crippen molar-refractivity contribution in [1.82, 2.24) is 0 Å². The fourth-order valence-electron chi connectivity index (χ4n) is 0.725. The van der Waals surface area contributed by atoms with Gasteiger partial charge in [-0.05, 0) is 20.8 Å². The van der Waals surface area contributed by atoms with Gasteiger partial charge in [-0.25, -0.2) is 0 Å². The van der Waals surface area contributed by atoms with Gasteiger partial charge in [0.1, 0.15) is 12.0 Å². The minimum absolute atomic E-state index is 0.0712. The Morgan fingerprint density at radius 1 is 1.60 bits per heavy atom. The zero-order chi connectivity index (χ0) is 8.15. The van der Waals surface area contributed by atoms with E-state index in [1.54, 1.807) is 13.8 Å². The summed E-state index contributed by atoms with van der Waals surface area (Å²) in [7, 11) is 0. The van der Waals surface area contributed by atoms with Crippen LogP contribution in [-0.4, -0.2) is 22.8 Å². The molecule has 0 rings (SSSR count). The van der Waals surface area contributed by atoms with Gasteiger partial charge in [0.2, 0.25) is 0 Å². The van der Waals surface area contributed by atoms with Gasteiger partial charge in [0, 0.05) is 12.1 Å². The van der Waals surface area contributed by atoms with E-state index in [2.05, 4.69) is 4.99 Å². The standard InChI is InChI=1S/C7H13NO2/c1-5(4-6(2)9)8-7(3)10/h7,10H,4H2,1-3H3/b8-5+. The lowest BCUT2D eigenvalue weighted by Gasteiger charge is -1.98. The second-order valence-corrected chi connectivity index (χ2v) is 2.38. The maximum Gasteiger partial charge on any atom is 0.142 e. The molecule has 0 aromatic carbocycles. The highest BCUT2D eigenvalue weighted by Gasteiger charge is 1.97. The molecule has 0 spiro atoms. The fourth-order valence-corrected chi connectivity index (χ4v) is 0.725. The molecule has 3 nitrogen and oxygen atoms in total. The molecule has 0 bridgehead atoms. The van der Waals surface area contributed by atoms with E-state index in [0.717, 1.165) is 0 Å². The lowest BCUT2D eigenvalue weighted by atomic mass is 10.2. The van der Waals surface area contributed by atoms with Crippen molar-refractivity contribution in [2.24, 2.45) is 4.99 Å². The first-order valence-corrected chi connectivity index (χ1v) is 3.23. The molecule has 0 aliphatic carbocycles. The number of carbonyl (C=O) groups excluding carboxylic acids is 1. The van der Waals surface area contributed by atoms with Crippen LogP contribution in [0.1, 0.15) is 27.2 Å². The molecule has 0 radical (unpaired) electrons. The van der Waals surface area contributed by atoms with E-state index in [4.69, 9.17) is 5.11 Å². The van der Waals surface area contributed by atoms with Crippen LogP contribution in [0.5, 0.6) is 0 Å². The molecule has 0 heterocycles. The molecule has 0 aromatic heterocycles. The Labute approximate surface area is 60.8 Å². The molecule has 1 N–H and O–H groups in total. The second-order valence-electron chi connectivity index (χ2n) is 2.38. The zero-order valence-electron chi connectivity index (χ0n) is 6.59. The van der Waals surface area contributed by atoms with Crippen molar-refractivity contribution in [2.45, 2.75) is 33.4 Å². The third-order valence-corrected chi connectivity index (χ3v) is 0.912. The Hall–Kier alpha value is -0.700. The summed E-state index contributed by atoms with van der Waals surface area (Å²) in [6.07, 6.45) is -0.357. The molecule has 0 saturated heterocycles. The molecule has 1 atom stereocenters. The topological polar surface area (TPSA) is 49.7 Å². The molecular weight excluding hydrogens is 130 g/mol. The van der Waals surface area contributed by atoms with Crippen molar-refractivity contribution in [2.75, 3.05) is 0 Å². The predicted octanol–water partition coefficient (Wildman–Crippen LogP) is 0.765. The smallest absolute Gasteiger partial charge is 0.142 e. The minimum Gasteiger partial charge on any atom is -0.372 e. The Bertz CT molecular complexity index is 150. The van der Waals surface area contributed by atoms with Crippen LogP contribution in [0.15, 0.2) is 4.99 Å². The van der Waals surface area contributed by atoms with E-state index in [1.165, 1.54) is 6.92 Å². The van der Waals surface area contributed by atoms with Crippen LogP contribution in [0, 0.1) is 0 Å². The summed E-state index contributed by atoms with van der Waals surface area (Å²) < 4.78 is 0. The fraction of sp³-hybridized carbons (Fsp3) is 0.714. The average molecular weight is 143 g/mol. The number of carbonyl (C=O) groups is 1. The Kier molecular flexibility index (Phi) is 3.88. The number of nitrogens with zero attached hydrogens (tertiary/aromatic N) is 1. The number of aliphatic hydroxyl groups is 1. The largest absolute Gasteiger partial charge is 0.372 e. The van der Waals surface area contributed by atoms with Crippen LogP contribution in [-0.2, 0) is 4.79 Å². The summed E-state index contributed by atoms with van der Waals surface area (Å²) in [6, 6.07) is 0. The zero-order valence-corrected chi connectivity index (χ0v) is 6.59. The van der Waals surface area contributed by atoms with E-state index in [9.17, 15) is 4.79 Å². The summed E-state index contributed by atoms with van der Waals surface area (Å²) >= 11 is 0. The summed E-state index contributed by atoms with van der Waals surface area (Å²) in [5, 5.41) is 8.74. The third kappa shape index (κ3) is 5.44. The maximum absolute atomic E-state index is 10.5. The Balaban J connectivity index is 3.82. The highest BCUT2D eigenvalue weighted by Crippen LogP contribution is 1.91. The Morgan fingerprint density at radius 3 is 2.40 bits per heavy atom. The molecule has 0 saturated carbocycles. The molecular formula is C7H13NO2. The van der Waals surface area contributed by atoms with Crippen LogP contribution in [0.4, 0.5) is 0 Å². The second kappa shape index (κ2) is 4.17. The van der Waals surface area contributed by atoms with E-state index in [1.807, 2.05) is 0 Å². The molecule has 10 heavy (non-hydrogen) atoms. The van der Waals surface area contributed by atoms with Crippen LogP contribution in [0.25, 0.3) is 0 Å². The lowest BCUT2D eigenvalue weighted by Crippen LogP contribution is -2.04. The highest BCUT2D eigenvalue weighted by atomic mass is 16.3. The van der Waals surface area contributed by atoms with E-state index >= 15 is 0 Å². The molecule has 0 aliphatic rings. The van der Waals surface area contributed by atoms with Crippen molar-refractivity contribution < 1.29 is 9.90 Å². The molecule has 1 unspecified atom stereocenters. The number of aliphatic hydroxyl groups excluding tert-OH is 1. The van der Waals surface area contributed by atoms with Crippen molar-refractivity contribution in [3.8, 4) is 0 Å². The quantitative estimate of drug-likeness (QED) is 0.593. The van der Waals surface area contributed by atoms with Crippen molar-refractivity contribution in [1.29, 1.82) is 0 Å². The lowest BCUT2D eigenvalue weighted by molar-refractivity contribution is -0.115. The monoisotopic (exact) mass is 143 g/mol. The van der Waals surface area contributed by atoms with Crippen LogP contribution in [0.3, 0.4) is 0 Å². The van der Waals surface area contributed by atoms with Gasteiger partial charge in [0.25, 0.3) is 0 Å². The van der Waals surface area contributed by atoms with Gasteiger partial charge in [-0.1, -0.05) is 0 Å². The van der Waals surface area contributed by atoms with Gasteiger partial charge >= 0.3 is 0 Å². The predicted molar refractivity (Wildman–Crippen MR) is 40.1 cm³/mol. The number of hydrogen-bond acceptors (Lipinski definition) is 3. The van der Waals surface area contributed by atoms with Gasteiger partial charge in [0.15, 0.2) is 0 Å². The van der Waals surface area contributed by atoms with Gasteiger partial charge in [-0.3, -0.25) is 9.79 Å². The Morgan fingerprint density at radius 2 is 2.10 bits per heavy atom. The average Bonchev–Trinajstić information content (AvgIpc) is 1.58. The molecule has 0 fully saturated rings. The summed E-state index contributed by atoms with van der Waals surface area (Å²) in [6.45, 7) is 4.79. The third-order valence-electron chi connectivity index (χ3n) is 0.912. The van der Waals surface area contributed by atoms with Crippen molar-refractivity contribution in [3.63, 3.8) is 0 Å². The summed E-state index contributed by atoms with van der Waals surface area (Å²) in [5.41, 5.74) is 0.683. The minimum atomic E-state index is -0.695. The number of aliphatic imine (C=N–C) groups is 1. The van der Waals surface area contributed by atoms with Gasteiger partial charge in [-0.2, -0.15) is 0 Å². The number of ketones is 1. The van der Waals surface area contributed by atoms with Crippen molar-refractivity contribution >= 4 is 11.5 Å². The summed E-state index contributed by atoms with van der Waals surface area (Å²) in [4.78, 5) is 14.2. The number of rotatable bonds is 3.